The van der Waals surface area contributed by atoms with Gasteiger partial charge in [0, 0.05) is 0 Å². The van der Waals surface area contributed by atoms with Crippen LogP contribution in [0.15, 0.2) is 24.3 Å². The highest BCUT2D eigenvalue weighted by atomic mass is 16.5. The van der Waals surface area contributed by atoms with Gasteiger partial charge in [0.1, 0.15) is 11.5 Å². The summed E-state index contributed by atoms with van der Waals surface area (Å²) in [5.41, 5.74) is 0. The number of carbonyl (C=O) groups excluding carboxylic acids is 1. The quantitative estimate of drug-likeness (QED) is 0.755. The SMILES string of the molecule is COC(=O)[C@H]1CCC[C@@H]1[C@H](C)COc1ccc(OC)cc1. The zero-order valence-corrected chi connectivity index (χ0v) is 13.0. The van der Waals surface area contributed by atoms with Gasteiger partial charge in [0.25, 0.3) is 0 Å². The summed E-state index contributed by atoms with van der Waals surface area (Å²) in [4.78, 5) is 11.8. The summed E-state index contributed by atoms with van der Waals surface area (Å²) in [6, 6.07) is 7.57. The van der Waals surface area contributed by atoms with Crippen LogP contribution in [0.25, 0.3) is 0 Å². The second-order valence-corrected chi connectivity index (χ2v) is 5.69. The van der Waals surface area contributed by atoms with E-state index in [0.717, 1.165) is 30.8 Å². The van der Waals surface area contributed by atoms with Gasteiger partial charge in [-0.3, -0.25) is 4.79 Å². The first-order valence-electron chi connectivity index (χ1n) is 7.50. The van der Waals surface area contributed by atoms with Crippen LogP contribution in [0.2, 0.25) is 0 Å². The van der Waals surface area contributed by atoms with Crippen LogP contribution in [0.4, 0.5) is 0 Å². The van der Waals surface area contributed by atoms with Crippen molar-refractivity contribution in [1.29, 1.82) is 0 Å². The maximum Gasteiger partial charge on any atom is 0.308 e. The maximum atomic E-state index is 11.8. The number of ether oxygens (including phenoxy) is 3. The van der Waals surface area contributed by atoms with E-state index < -0.39 is 0 Å². The van der Waals surface area contributed by atoms with Crippen molar-refractivity contribution in [2.45, 2.75) is 26.2 Å². The number of rotatable bonds is 6. The van der Waals surface area contributed by atoms with Crippen LogP contribution in [0, 0.1) is 17.8 Å². The Kier molecular flexibility index (Phi) is 5.48. The molecule has 0 aliphatic heterocycles. The van der Waals surface area contributed by atoms with E-state index in [1.54, 1.807) is 7.11 Å². The van der Waals surface area contributed by atoms with Crippen LogP contribution < -0.4 is 9.47 Å². The fourth-order valence-electron chi connectivity index (χ4n) is 3.14. The van der Waals surface area contributed by atoms with E-state index in [1.165, 1.54) is 7.11 Å². The minimum Gasteiger partial charge on any atom is -0.497 e. The second kappa shape index (κ2) is 7.34. The van der Waals surface area contributed by atoms with Gasteiger partial charge in [-0.2, -0.15) is 0 Å². The van der Waals surface area contributed by atoms with E-state index in [1.807, 2.05) is 24.3 Å². The summed E-state index contributed by atoms with van der Waals surface area (Å²) in [7, 11) is 3.11. The Balaban J connectivity index is 1.88. The molecule has 0 bridgehead atoms. The molecule has 4 heteroatoms. The van der Waals surface area contributed by atoms with Crippen LogP contribution >= 0.6 is 0 Å². The van der Waals surface area contributed by atoms with Gasteiger partial charge < -0.3 is 14.2 Å². The van der Waals surface area contributed by atoms with Gasteiger partial charge in [-0.25, -0.2) is 0 Å². The molecule has 116 valence electrons. The van der Waals surface area contributed by atoms with Gasteiger partial charge in [0.2, 0.25) is 0 Å². The van der Waals surface area contributed by atoms with Gasteiger partial charge in [0.15, 0.2) is 0 Å². The molecular formula is C17H24O4. The van der Waals surface area contributed by atoms with E-state index in [9.17, 15) is 4.79 Å². The molecule has 1 saturated carbocycles. The summed E-state index contributed by atoms with van der Waals surface area (Å²) >= 11 is 0. The Morgan fingerprint density at radius 3 is 2.48 bits per heavy atom. The molecule has 0 aromatic heterocycles. The van der Waals surface area contributed by atoms with Crippen molar-refractivity contribution in [3.05, 3.63) is 24.3 Å². The zero-order chi connectivity index (χ0) is 15.2. The second-order valence-electron chi connectivity index (χ2n) is 5.69. The van der Waals surface area contributed by atoms with Crippen molar-refractivity contribution < 1.29 is 19.0 Å². The molecule has 0 saturated heterocycles. The van der Waals surface area contributed by atoms with Crippen molar-refractivity contribution in [3.8, 4) is 11.5 Å². The lowest BCUT2D eigenvalue weighted by atomic mass is 9.85. The third kappa shape index (κ3) is 3.90. The van der Waals surface area contributed by atoms with Crippen LogP contribution in [0.3, 0.4) is 0 Å². The molecule has 1 aromatic rings. The fourth-order valence-corrected chi connectivity index (χ4v) is 3.14. The molecule has 4 nitrogen and oxygen atoms in total. The summed E-state index contributed by atoms with van der Waals surface area (Å²) in [6.45, 7) is 2.76. The molecule has 21 heavy (non-hydrogen) atoms. The van der Waals surface area contributed by atoms with Crippen LogP contribution in [0.1, 0.15) is 26.2 Å². The van der Waals surface area contributed by atoms with Gasteiger partial charge in [-0.1, -0.05) is 13.3 Å². The summed E-state index contributed by atoms with van der Waals surface area (Å²) in [5.74, 6) is 2.29. The van der Waals surface area contributed by atoms with Crippen molar-refractivity contribution >= 4 is 5.97 Å². The van der Waals surface area contributed by atoms with Crippen molar-refractivity contribution in [1.82, 2.24) is 0 Å². The molecule has 0 N–H and O–H groups in total. The number of esters is 1. The molecule has 0 radical (unpaired) electrons. The summed E-state index contributed by atoms with van der Waals surface area (Å²) in [5, 5.41) is 0. The van der Waals surface area contributed by atoms with E-state index >= 15 is 0 Å². The topological polar surface area (TPSA) is 44.8 Å². The highest BCUT2D eigenvalue weighted by Gasteiger charge is 2.37. The first-order chi connectivity index (χ1) is 10.2. The third-order valence-electron chi connectivity index (χ3n) is 4.38. The largest absolute Gasteiger partial charge is 0.497 e. The average Bonchev–Trinajstić information content (AvgIpc) is 3.02. The number of hydrogen-bond acceptors (Lipinski definition) is 4. The number of hydrogen-bond donors (Lipinski definition) is 0. The molecule has 0 heterocycles. The van der Waals surface area contributed by atoms with Crippen LogP contribution in [-0.2, 0) is 9.53 Å². The lowest BCUT2D eigenvalue weighted by Crippen LogP contribution is -2.28. The average molecular weight is 292 g/mol. The zero-order valence-electron chi connectivity index (χ0n) is 13.0. The first kappa shape index (κ1) is 15.7. The van der Waals surface area contributed by atoms with E-state index in [-0.39, 0.29) is 11.9 Å². The van der Waals surface area contributed by atoms with Gasteiger partial charge in [-0.15, -0.1) is 0 Å². The molecule has 1 aliphatic carbocycles. The molecule has 2 rings (SSSR count). The first-order valence-corrected chi connectivity index (χ1v) is 7.50. The smallest absolute Gasteiger partial charge is 0.308 e. The normalized spacial score (nSPS) is 22.6. The van der Waals surface area contributed by atoms with E-state index in [4.69, 9.17) is 14.2 Å². The summed E-state index contributed by atoms with van der Waals surface area (Å²) < 4.78 is 15.9. The highest BCUT2D eigenvalue weighted by molar-refractivity contribution is 5.73. The Morgan fingerprint density at radius 1 is 1.19 bits per heavy atom. The lowest BCUT2D eigenvalue weighted by Gasteiger charge is -2.24. The number of methoxy groups -OCH3 is 2. The van der Waals surface area contributed by atoms with Crippen molar-refractivity contribution in [2.75, 3.05) is 20.8 Å². The minimum absolute atomic E-state index is 0.0319. The third-order valence-corrected chi connectivity index (χ3v) is 4.38. The highest BCUT2D eigenvalue weighted by Crippen LogP contribution is 2.38. The van der Waals surface area contributed by atoms with Crippen molar-refractivity contribution in [3.63, 3.8) is 0 Å². The Morgan fingerprint density at radius 2 is 1.86 bits per heavy atom. The maximum absolute atomic E-state index is 11.8. The molecule has 0 amide bonds. The van der Waals surface area contributed by atoms with Crippen molar-refractivity contribution in [2.24, 2.45) is 17.8 Å². The molecule has 1 fully saturated rings. The van der Waals surface area contributed by atoms with Gasteiger partial charge in [0.05, 0.1) is 26.7 Å². The fraction of sp³-hybridized carbons (Fsp3) is 0.588. The van der Waals surface area contributed by atoms with Crippen LogP contribution in [-0.4, -0.2) is 26.8 Å². The lowest BCUT2D eigenvalue weighted by molar-refractivity contribution is -0.147. The molecular weight excluding hydrogens is 268 g/mol. The molecule has 1 aliphatic rings. The predicted octanol–water partition coefficient (Wildman–Crippen LogP) is 3.30. The molecule has 0 unspecified atom stereocenters. The Labute approximate surface area is 126 Å². The standard InChI is InChI=1S/C17H24O4/c1-12(15-5-4-6-16(15)17(18)20-3)11-21-14-9-7-13(19-2)8-10-14/h7-10,12,15-16H,4-6,11H2,1-3H3/t12-,15-,16+/m1/s1. The van der Waals surface area contributed by atoms with E-state index in [0.29, 0.717) is 18.4 Å². The monoisotopic (exact) mass is 292 g/mol. The summed E-state index contributed by atoms with van der Waals surface area (Å²) in [6.07, 6.45) is 3.11. The number of benzene rings is 1. The van der Waals surface area contributed by atoms with Gasteiger partial charge in [-0.05, 0) is 48.9 Å². The van der Waals surface area contributed by atoms with Crippen LogP contribution in [0.5, 0.6) is 11.5 Å². The number of carbonyl (C=O) groups is 1. The molecule has 0 spiro atoms. The minimum atomic E-state index is -0.0752. The Hall–Kier alpha value is -1.71. The van der Waals surface area contributed by atoms with E-state index in [2.05, 4.69) is 6.92 Å². The molecule has 1 aromatic carbocycles. The van der Waals surface area contributed by atoms with Gasteiger partial charge >= 0.3 is 5.97 Å². The predicted molar refractivity (Wildman–Crippen MR) is 80.5 cm³/mol. The molecule has 3 atom stereocenters. The Bertz CT molecular complexity index is 454.